The smallest absolute Gasteiger partial charge is 0.114 e. The third kappa shape index (κ3) is 5.81. The molecule has 0 aliphatic carbocycles. The van der Waals surface area contributed by atoms with Gasteiger partial charge in [-0.1, -0.05) is 109 Å². The summed E-state index contributed by atoms with van der Waals surface area (Å²) in [5, 5.41) is 7.91. The SMILES string of the molecule is Br.Br.BrC(Br)([P+](c1ccccc1)(c1ccccc1)c1ccccc1)[P+](c1ccccc1)(c1ccccc1)c1ccccc1. The van der Waals surface area contributed by atoms with Gasteiger partial charge in [0.05, 0.1) is 0 Å². The highest BCUT2D eigenvalue weighted by Crippen LogP contribution is 2.88. The molecule has 0 N–H and O–H groups in total. The maximum absolute atomic E-state index is 4.67. The number of hydrogen-bond acceptors (Lipinski definition) is 0. The highest BCUT2D eigenvalue weighted by atomic mass is 79.9. The molecular formula is C37H32Br4P2+2. The van der Waals surface area contributed by atoms with Crippen molar-refractivity contribution in [3.05, 3.63) is 182 Å². The highest BCUT2D eigenvalue weighted by molar-refractivity contribution is 9.30. The molecule has 0 aromatic heterocycles. The van der Waals surface area contributed by atoms with Gasteiger partial charge >= 0.3 is 2.72 Å². The first-order valence-corrected chi connectivity index (χ1v) is 18.8. The lowest BCUT2D eigenvalue weighted by molar-refractivity contribution is 1.64. The minimum atomic E-state index is -2.49. The van der Waals surface area contributed by atoms with Crippen LogP contribution in [-0.4, -0.2) is 2.72 Å². The van der Waals surface area contributed by atoms with Gasteiger partial charge in [-0.15, -0.1) is 34.0 Å². The van der Waals surface area contributed by atoms with E-state index in [4.69, 9.17) is 0 Å². The van der Waals surface area contributed by atoms with Gasteiger partial charge in [0.2, 0.25) is 0 Å². The van der Waals surface area contributed by atoms with Gasteiger partial charge in [0.1, 0.15) is 31.8 Å². The van der Waals surface area contributed by atoms with E-state index in [0.29, 0.717) is 0 Å². The molecule has 0 amide bonds. The molecule has 0 nitrogen and oxygen atoms in total. The average molecular weight is 858 g/mol. The molecule has 0 heterocycles. The Bertz CT molecular complexity index is 1360. The first-order chi connectivity index (χ1) is 20.1. The van der Waals surface area contributed by atoms with Crippen LogP contribution in [0.5, 0.6) is 0 Å². The van der Waals surface area contributed by atoms with Gasteiger partial charge in [-0.3, -0.25) is 0 Å². The third-order valence-corrected chi connectivity index (χ3v) is 23.9. The Morgan fingerprint density at radius 2 is 0.419 bits per heavy atom. The Labute approximate surface area is 294 Å². The first kappa shape index (κ1) is 34.0. The summed E-state index contributed by atoms with van der Waals surface area (Å²) >= 11 is 9.33. The predicted octanol–water partition coefficient (Wildman–Crippen LogP) is 9.53. The monoisotopic (exact) mass is 854 g/mol. The van der Waals surface area contributed by atoms with Gasteiger partial charge in [-0.25, -0.2) is 0 Å². The van der Waals surface area contributed by atoms with Crippen LogP contribution in [0.15, 0.2) is 182 Å². The summed E-state index contributed by atoms with van der Waals surface area (Å²) < 4.78 is -0.603. The molecule has 0 unspecified atom stereocenters. The number of benzene rings is 6. The second kappa shape index (κ2) is 14.9. The van der Waals surface area contributed by atoms with Crippen LogP contribution < -0.4 is 31.8 Å². The molecule has 0 spiro atoms. The van der Waals surface area contributed by atoms with Gasteiger partial charge in [0.25, 0.3) is 0 Å². The van der Waals surface area contributed by atoms with E-state index in [1.807, 2.05) is 0 Å². The van der Waals surface area contributed by atoms with E-state index < -0.39 is 17.2 Å². The van der Waals surface area contributed by atoms with Crippen molar-refractivity contribution in [2.45, 2.75) is 2.72 Å². The molecule has 0 radical (unpaired) electrons. The molecule has 216 valence electrons. The number of rotatable bonds is 8. The second-order valence-electron chi connectivity index (χ2n) is 9.86. The first-order valence-electron chi connectivity index (χ1n) is 13.6. The van der Waals surface area contributed by atoms with Crippen LogP contribution in [0.4, 0.5) is 0 Å². The Balaban J connectivity index is 0.00000212. The Morgan fingerprint density at radius 1 is 0.279 bits per heavy atom. The minimum absolute atomic E-state index is 0. The normalized spacial score (nSPS) is 11.6. The van der Waals surface area contributed by atoms with Crippen molar-refractivity contribution in [1.29, 1.82) is 0 Å². The molecule has 0 saturated heterocycles. The fourth-order valence-corrected chi connectivity index (χ4v) is 24.6. The fraction of sp³-hybridized carbons (Fsp3) is 0.0270. The van der Waals surface area contributed by atoms with Crippen molar-refractivity contribution < 1.29 is 0 Å². The largest absolute Gasteiger partial charge is 0.307 e. The van der Waals surface area contributed by atoms with Crippen LogP contribution in [0.3, 0.4) is 0 Å². The van der Waals surface area contributed by atoms with E-state index >= 15 is 0 Å². The molecular weight excluding hydrogens is 826 g/mol. The summed E-state index contributed by atoms with van der Waals surface area (Å²) in [4.78, 5) is 0. The molecule has 0 aliphatic heterocycles. The van der Waals surface area contributed by atoms with Crippen LogP contribution in [0.1, 0.15) is 0 Å². The van der Waals surface area contributed by atoms with Crippen LogP contribution in [0, 0.1) is 0 Å². The van der Waals surface area contributed by atoms with Gasteiger partial charge in [0.15, 0.2) is 14.5 Å². The van der Waals surface area contributed by atoms with Gasteiger partial charge in [0, 0.05) is 31.9 Å². The molecule has 6 heteroatoms. The van der Waals surface area contributed by atoms with Crippen molar-refractivity contribution >= 4 is 112 Å². The van der Waals surface area contributed by atoms with Crippen LogP contribution >= 0.6 is 80.3 Å². The highest BCUT2D eigenvalue weighted by Gasteiger charge is 2.77. The molecule has 0 bridgehead atoms. The minimum Gasteiger partial charge on any atom is -0.114 e. The maximum Gasteiger partial charge on any atom is 0.307 e. The summed E-state index contributed by atoms with van der Waals surface area (Å²) in [6.45, 7) is 0. The predicted molar refractivity (Wildman–Crippen MR) is 212 cm³/mol. The Hall–Kier alpha value is -1.90. The van der Waals surface area contributed by atoms with E-state index in [0.717, 1.165) is 0 Å². The fourth-order valence-electron chi connectivity index (χ4n) is 5.96. The average Bonchev–Trinajstić information content (AvgIpc) is 3.05. The Kier molecular flexibility index (Phi) is 11.8. The number of halogens is 4. The number of alkyl halides is 2. The zero-order valence-corrected chi connectivity index (χ0v) is 31.7. The van der Waals surface area contributed by atoms with E-state index in [2.05, 4.69) is 214 Å². The van der Waals surface area contributed by atoms with Gasteiger partial charge in [-0.05, 0) is 72.8 Å². The molecule has 0 aliphatic rings. The van der Waals surface area contributed by atoms with Crippen LogP contribution in [0.2, 0.25) is 0 Å². The van der Waals surface area contributed by atoms with Crippen molar-refractivity contribution in [1.82, 2.24) is 0 Å². The third-order valence-electron chi connectivity index (χ3n) is 7.67. The van der Waals surface area contributed by atoms with E-state index in [1.54, 1.807) is 0 Å². The summed E-state index contributed by atoms with van der Waals surface area (Å²) in [7, 11) is -4.98. The van der Waals surface area contributed by atoms with E-state index in [9.17, 15) is 0 Å². The molecule has 43 heavy (non-hydrogen) atoms. The van der Waals surface area contributed by atoms with Crippen LogP contribution in [-0.2, 0) is 0 Å². The summed E-state index contributed by atoms with van der Waals surface area (Å²) in [6.07, 6.45) is 0. The molecule has 0 fully saturated rings. The van der Waals surface area contributed by atoms with Crippen molar-refractivity contribution in [2.75, 3.05) is 0 Å². The number of hydrogen-bond donors (Lipinski definition) is 0. The molecule has 0 saturated carbocycles. The van der Waals surface area contributed by atoms with E-state index in [-0.39, 0.29) is 34.0 Å². The zero-order chi connectivity index (χ0) is 28.2. The van der Waals surface area contributed by atoms with Crippen molar-refractivity contribution in [2.24, 2.45) is 0 Å². The maximum atomic E-state index is 4.67. The lowest BCUT2D eigenvalue weighted by Crippen LogP contribution is -2.49. The quantitative estimate of drug-likeness (QED) is 0.106. The molecule has 6 aromatic carbocycles. The van der Waals surface area contributed by atoms with Crippen LogP contribution in [0.25, 0.3) is 0 Å². The summed E-state index contributed by atoms with van der Waals surface area (Å²) in [5.41, 5.74) is 0. The Morgan fingerprint density at radius 3 is 0.558 bits per heavy atom. The second-order valence-corrected chi connectivity index (χ2v) is 23.2. The molecule has 6 aromatic rings. The topological polar surface area (TPSA) is 0 Å². The molecule has 6 rings (SSSR count). The van der Waals surface area contributed by atoms with Crippen molar-refractivity contribution in [3.8, 4) is 0 Å². The van der Waals surface area contributed by atoms with E-state index in [1.165, 1.54) is 31.8 Å². The lowest BCUT2D eigenvalue weighted by Gasteiger charge is -2.44. The lowest BCUT2D eigenvalue weighted by atomic mass is 10.4. The summed E-state index contributed by atoms with van der Waals surface area (Å²) in [6, 6.07) is 66.7. The van der Waals surface area contributed by atoms with Crippen molar-refractivity contribution in [3.63, 3.8) is 0 Å². The van der Waals surface area contributed by atoms with Gasteiger partial charge < -0.3 is 0 Å². The zero-order valence-electron chi connectivity index (χ0n) is 23.3. The molecule has 0 atom stereocenters. The van der Waals surface area contributed by atoms with Gasteiger partial charge in [-0.2, -0.15) is 0 Å². The summed E-state index contributed by atoms with van der Waals surface area (Å²) in [5.74, 6) is 0. The standard InChI is InChI=1S/C37H30Br2P2.2BrH/c38-37(39,40(31-19-7-1-8-20-31,32-21-9-2-10-22-32)33-23-11-3-12-24-33)41(34-25-13-4-14-26-34,35-27-15-5-16-28-35)36-29-17-6-18-30-36;;/h1-30H;2*1H/q+2;;.